The average molecular weight is 292 g/mol. The predicted octanol–water partition coefficient (Wildman–Crippen LogP) is 2.88. The van der Waals surface area contributed by atoms with Gasteiger partial charge in [-0.2, -0.15) is 0 Å². The number of Topliss-reactive ketones (excluding diaryl/α,β-unsaturated/α-hetero) is 1. The fourth-order valence-electron chi connectivity index (χ4n) is 3.59. The Bertz CT molecular complexity index is 540. The number of carbonyl (C=O) groups is 1. The first-order valence-electron chi connectivity index (χ1n) is 7.61. The summed E-state index contributed by atoms with van der Waals surface area (Å²) in [6.07, 6.45) is 5.63. The number of carbonyl (C=O) groups excluding carboxylic acids is 1. The van der Waals surface area contributed by atoms with E-state index in [0.717, 1.165) is 31.5 Å². The smallest absolute Gasteiger partial charge is 0.397 e. The van der Waals surface area contributed by atoms with Crippen molar-refractivity contribution >= 4 is 11.7 Å². The molecular formula is C15H20N2O4. The second-order valence-electron chi connectivity index (χ2n) is 6.20. The number of nitrogens with zero attached hydrogens (tertiary/aromatic N) is 2. The van der Waals surface area contributed by atoms with Crippen LogP contribution in [0.4, 0.5) is 5.88 Å². The summed E-state index contributed by atoms with van der Waals surface area (Å²) in [6, 6.07) is 2.63. The molecule has 1 aromatic heterocycles. The number of hydrogen-bond donors (Lipinski definition) is 0. The standard InChI is InChI=1S/C15H20N2O4/c18-13(14-3-4-15(21-14)17(19)20)6-8-16-7-5-11-1-2-12(9-11)10-16/h3-4,11-12H,1-2,5-10H2. The molecule has 1 aliphatic heterocycles. The van der Waals surface area contributed by atoms with Crippen LogP contribution < -0.4 is 0 Å². The molecule has 2 bridgehead atoms. The molecule has 2 heterocycles. The van der Waals surface area contributed by atoms with Crippen molar-refractivity contribution in [3.8, 4) is 0 Å². The van der Waals surface area contributed by atoms with E-state index in [1.165, 1.54) is 37.8 Å². The highest BCUT2D eigenvalue weighted by atomic mass is 16.6. The molecule has 6 nitrogen and oxygen atoms in total. The Morgan fingerprint density at radius 3 is 2.90 bits per heavy atom. The molecule has 0 aromatic carbocycles. The summed E-state index contributed by atoms with van der Waals surface area (Å²) in [5.41, 5.74) is 0. The van der Waals surface area contributed by atoms with Gasteiger partial charge in [0.1, 0.15) is 4.92 Å². The lowest BCUT2D eigenvalue weighted by Gasteiger charge is -2.23. The van der Waals surface area contributed by atoms with Crippen LogP contribution in [0, 0.1) is 22.0 Å². The zero-order chi connectivity index (χ0) is 14.8. The topological polar surface area (TPSA) is 76.6 Å². The van der Waals surface area contributed by atoms with Crippen molar-refractivity contribution in [2.24, 2.45) is 11.8 Å². The van der Waals surface area contributed by atoms with Crippen LogP contribution in [0.5, 0.6) is 0 Å². The summed E-state index contributed by atoms with van der Waals surface area (Å²) < 4.78 is 4.95. The van der Waals surface area contributed by atoms with E-state index in [1.807, 2.05) is 0 Å². The minimum Gasteiger partial charge on any atom is -0.397 e. The predicted molar refractivity (Wildman–Crippen MR) is 76.2 cm³/mol. The summed E-state index contributed by atoms with van der Waals surface area (Å²) in [6.45, 7) is 2.87. The van der Waals surface area contributed by atoms with Crippen molar-refractivity contribution in [1.82, 2.24) is 4.90 Å². The van der Waals surface area contributed by atoms with E-state index in [0.29, 0.717) is 6.42 Å². The summed E-state index contributed by atoms with van der Waals surface area (Å²) >= 11 is 0. The molecule has 1 aromatic rings. The first-order chi connectivity index (χ1) is 10.1. The van der Waals surface area contributed by atoms with Gasteiger partial charge in [0, 0.05) is 19.5 Å². The molecular weight excluding hydrogens is 272 g/mol. The minimum atomic E-state index is -0.623. The van der Waals surface area contributed by atoms with Crippen molar-refractivity contribution in [3.05, 3.63) is 28.0 Å². The number of likely N-dealkylation sites (tertiary alicyclic amines) is 1. The largest absolute Gasteiger partial charge is 0.433 e. The molecule has 2 atom stereocenters. The quantitative estimate of drug-likeness (QED) is 0.474. The average Bonchev–Trinajstić information content (AvgIpc) is 3.04. The molecule has 1 saturated heterocycles. The number of nitro groups is 1. The number of hydrogen-bond acceptors (Lipinski definition) is 5. The van der Waals surface area contributed by atoms with E-state index in [4.69, 9.17) is 4.42 Å². The van der Waals surface area contributed by atoms with Crippen LogP contribution in [-0.2, 0) is 0 Å². The van der Waals surface area contributed by atoms with Gasteiger partial charge in [0.15, 0.2) is 11.5 Å². The van der Waals surface area contributed by atoms with E-state index in [2.05, 4.69) is 4.90 Å². The van der Waals surface area contributed by atoms with Crippen LogP contribution in [-0.4, -0.2) is 35.2 Å². The van der Waals surface area contributed by atoms with Crippen molar-refractivity contribution in [2.75, 3.05) is 19.6 Å². The molecule has 1 aliphatic carbocycles. The molecule has 2 unspecified atom stereocenters. The molecule has 21 heavy (non-hydrogen) atoms. The maximum atomic E-state index is 12.0. The molecule has 6 heteroatoms. The van der Waals surface area contributed by atoms with Gasteiger partial charge in [0.25, 0.3) is 0 Å². The van der Waals surface area contributed by atoms with Crippen molar-refractivity contribution in [1.29, 1.82) is 0 Å². The molecule has 3 rings (SSSR count). The highest BCUT2D eigenvalue weighted by Gasteiger charge is 2.30. The maximum Gasteiger partial charge on any atom is 0.433 e. The lowest BCUT2D eigenvalue weighted by molar-refractivity contribution is -0.402. The Kier molecular flexibility index (Phi) is 4.05. The van der Waals surface area contributed by atoms with Crippen LogP contribution in [0.15, 0.2) is 16.5 Å². The second kappa shape index (κ2) is 5.97. The van der Waals surface area contributed by atoms with E-state index in [9.17, 15) is 14.9 Å². The van der Waals surface area contributed by atoms with Gasteiger partial charge in [0.2, 0.25) is 0 Å². The molecule has 0 N–H and O–H groups in total. The normalized spacial score (nSPS) is 25.7. The number of furan rings is 1. The van der Waals surface area contributed by atoms with Crippen LogP contribution >= 0.6 is 0 Å². The molecule has 2 aliphatic rings. The summed E-state index contributed by atoms with van der Waals surface area (Å²) in [5, 5.41) is 10.5. The van der Waals surface area contributed by atoms with Gasteiger partial charge < -0.3 is 9.32 Å². The van der Waals surface area contributed by atoms with Gasteiger partial charge in [-0.25, -0.2) is 0 Å². The van der Waals surface area contributed by atoms with Gasteiger partial charge in [-0.15, -0.1) is 0 Å². The molecule has 0 amide bonds. The van der Waals surface area contributed by atoms with Gasteiger partial charge in [-0.1, -0.05) is 6.42 Å². The fourth-order valence-corrected chi connectivity index (χ4v) is 3.59. The Morgan fingerprint density at radius 1 is 1.33 bits per heavy atom. The summed E-state index contributed by atoms with van der Waals surface area (Å²) in [4.78, 5) is 24.3. The molecule has 2 fully saturated rings. The van der Waals surface area contributed by atoms with Crippen LogP contribution in [0.2, 0.25) is 0 Å². The van der Waals surface area contributed by atoms with Crippen molar-refractivity contribution in [3.63, 3.8) is 0 Å². The van der Waals surface area contributed by atoms with Gasteiger partial charge in [-0.3, -0.25) is 14.9 Å². The lowest BCUT2D eigenvalue weighted by atomic mass is 10.0. The molecule has 0 radical (unpaired) electrons. The number of rotatable bonds is 5. The molecule has 1 saturated carbocycles. The van der Waals surface area contributed by atoms with Crippen LogP contribution in [0.3, 0.4) is 0 Å². The van der Waals surface area contributed by atoms with Crippen LogP contribution in [0.25, 0.3) is 0 Å². The van der Waals surface area contributed by atoms with E-state index < -0.39 is 4.92 Å². The third-order valence-corrected chi connectivity index (χ3v) is 4.72. The first kappa shape index (κ1) is 14.3. The molecule has 114 valence electrons. The van der Waals surface area contributed by atoms with Crippen molar-refractivity contribution < 1.29 is 14.1 Å². The Hall–Kier alpha value is -1.69. The van der Waals surface area contributed by atoms with Gasteiger partial charge in [-0.05, 0) is 43.7 Å². The van der Waals surface area contributed by atoms with Gasteiger partial charge in [0.05, 0.1) is 6.07 Å². The van der Waals surface area contributed by atoms with E-state index >= 15 is 0 Å². The third kappa shape index (κ3) is 3.32. The fraction of sp³-hybridized carbons (Fsp3) is 0.667. The minimum absolute atomic E-state index is 0.0954. The highest BCUT2D eigenvalue weighted by molar-refractivity contribution is 5.93. The van der Waals surface area contributed by atoms with E-state index in [1.54, 1.807) is 0 Å². The first-order valence-corrected chi connectivity index (χ1v) is 7.61. The molecule has 0 spiro atoms. The summed E-state index contributed by atoms with van der Waals surface area (Å²) in [7, 11) is 0. The van der Waals surface area contributed by atoms with Crippen LogP contribution in [0.1, 0.15) is 42.7 Å². The van der Waals surface area contributed by atoms with E-state index in [-0.39, 0.29) is 17.4 Å². The Balaban J connectivity index is 1.52. The second-order valence-corrected chi connectivity index (χ2v) is 6.20. The van der Waals surface area contributed by atoms with Crippen molar-refractivity contribution in [2.45, 2.75) is 32.1 Å². The van der Waals surface area contributed by atoms with Gasteiger partial charge >= 0.3 is 5.88 Å². The third-order valence-electron chi connectivity index (χ3n) is 4.72. The summed E-state index contributed by atoms with van der Waals surface area (Å²) in [5.74, 6) is 1.24. The zero-order valence-electron chi connectivity index (χ0n) is 12.0. The SMILES string of the molecule is O=C(CCN1CCC2CCC(C2)C1)c1ccc([N+](=O)[O-])o1. The Labute approximate surface area is 123 Å². The zero-order valence-corrected chi connectivity index (χ0v) is 12.0. The lowest BCUT2D eigenvalue weighted by Crippen LogP contribution is -2.31. The maximum absolute atomic E-state index is 12.0. The number of ketones is 1. The number of fused-ring (bicyclic) bond motifs is 2. The monoisotopic (exact) mass is 292 g/mol. The highest BCUT2D eigenvalue weighted by Crippen LogP contribution is 2.36. The Morgan fingerprint density at radius 2 is 2.14 bits per heavy atom.